The lowest BCUT2D eigenvalue weighted by Gasteiger charge is -2.48. The Kier molecular flexibility index (Phi) is 2.96. The third-order valence-electron chi connectivity index (χ3n) is 4.43. The van der Waals surface area contributed by atoms with Gasteiger partial charge in [0.1, 0.15) is 5.82 Å². The molecule has 2 rings (SSSR count). The molecule has 1 heterocycles. The van der Waals surface area contributed by atoms with Gasteiger partial charge in [-0.15, -0.1) is 0 Å². The average molecular weight is 249 g/mol. The van der Waals surface area contributed by atoms with Gasteiger partial charge in [-0.05, 0) is 43.4 Å². The van der Waals surface area contributed by atoms with E-state index in [1.165, 1.54) is 12.1 Å². The molecule has 0 aromatic heterocycles. The second kappa shape index (κ2) is 4.08. The lowest BCUT2D eigenvalue weighted by atomic mass is 9.65. The van der Waals surface area contributed by atoms with E-state index in [-0.39, 0.29) is 28.6 Å². The van der Waals surface area contributed by atoms with E-state index in [1.54, 1.807) is 12.1 Å². The van der Waals surface area contributed by atoms with Gasteiger partial charge >= 0.3 is 0 Å². The first-order valence-corrected chi connectivity index (χ1v) is 6.30. The van der Waals surface area contributed by atoms with Crippen molar-refractivity contribution >= 4 is 5.91 Å². The zero-order valence-corrected chi connectivity index (χ0v) is 11.4. The molecule has 0 aliphatic carbocycles. The number of benzene rings is 1. The van der Waals surface area contributed by atoms with Crippen LogP contribution < -0.4 is 5.32 Å². The molecule has 3 heteroatoms. The van der Waals surface area contributed by atoms with Gasteiger partial charge in [0, 0.05) is 5.54 Å². The molecule has 2 nitrogen and oxygen atoms in total. The van der Waals surface area contributed by atoms with Crippen molar-refractivity contribution < 1.29 is 9.18 Å². The quantitative estimate of drug-likeness (QED) is 0.813. The summed E-state index contributed by atoms with van der Waals surface area (Å²) in [5.41, 5.74) is 0.665. The van der Waals surface area contributed by atoms with Gasteiger partial charge in [-0.25, -0.2) is 4.39 Å². The summed E-state index contributed by atoms with van der Waals surface area (Å²) < 4.78 is 12.9. The Bertz CT molecular complexity index is 462. The maximum Gasteiger partial charge on any atom is 0.227 e. The highest BCUT2D eigenvalue weighted by Gasteiger charge is 2.46. The molecule has 18 heavy (non-hydrogen) atoms. The van der Waals surface area contributed by atoms with Crippen LogP contribution in [0.2, 0.25) is 0 Å². The summed E-state index contributed by atoms with van der Waals surface area (Å²) in [4.78, 5) is 12.2. The van der Waals surface area contributed by atoms with E-state index in [0.29, 0.717) is 0 Å². The van der Waals surface area contributed by atoms with Crippen LogP contribution in [0.1, 0.15) is 45.6 Å². The van der Waals surface area contributed by atoms with Crippen LogP contribution >= 0.6 is 0 Å². The zero-order valence-electron chi connectivity index (χ0n) is 11.4. The van der Waals surface area contributed by atoms with Crippen molar-refractivity contribution in [1.82, 2.24) is 5.32 Å². The lowest BCUT2D eigenvalue weighted by molar-refractivity contribution is -0.130. The van der Waals surface area contributed by atoms with Gasteiger partial charge < -0.3 is 5.32 Å². The molecule has 1 aliphatic rings. The second-order valence-corrected chi connectivity index (χ2v) is 6.31. The van der Waals surface area contributed by atoms with Crippen LogP contribution in [0.5, 0.6) is 0 Å². The zero-order chi connectivity index (χ0) is 13.6. The van der Waals surface area contributed by atoms with Gasteiger partial charge in [-0.3, -0.25) is 4.79 Å². The molecular formula is C15H20FNO. The van der Waals surface area contributed by atoms with E-state index < -0.39 is 0 Å². The maximum absolute atomic E-state index is 12.9. The van der Waals surface area contributed by atoms with Gasteiger partial charge in [0.2, 0.25) is 5.91 Å². The van der Waals surface area contributed by atoms with Crippen LogP contribution in [-0.2, 0) is 4.79 Å². The SMILES string of the molecule is CC1(C)CC(c2ccc(F)cc2)C(=O)NC1(C)C. The fraction of sp³-hybridized carbons (Fsp3) is 0.533. The van der Waals surface area contributed by atoms with Crippen LogP contribution in [0, 0.1) is 11.2 Å². The van der Waals surface area contributed by atoms with Gasteiger partial charge in [0.25, 0.3) is 0 Å². The molecule has 1 N–H and O–H groups in total. The van der Waals surface area contributed by atoms with Crippen molar-refractivity contribution in [2.24, 2.45) is 5.41 Å². The normalized spacial score (nSPS) is 25.6. The van der Waals surface area contributed by atoms with Crippen LogP contribution in [-0.4, -0.2) is 11.4 Å². The highest BCUT2D eigenvalue weighted by Crippen LogP contribution is 2.43. The van der Waals surface area contributed by atoms with Crippen molar-refractivity contribution in [1.29, 1.82) is 0 Å². The molecule has 1 aromatic carbocycles. The maximum atomic E-state index is 12.9. The smallest absolute Gasteiger partial charge is 0.227 e. The minimum atomic E-state index is -0.269. The second-order valence-electron chi connectivity index (χ2n) is 6.31. The molecule has 98 valence electrons. The van der Waals surface area contributed by atoms with Gasteiger partial charge in [-0.2, -0.15) is 0 Å². The first-order chi connectivity index (χ1) is 8.23. The number of carbonyl (C=O) groups excluding carboxylic acids is 1. The van der Waals surface area contributed by atoms with Crippen molar-refractivity contribution in [3.05, 3.63) is 35.6 Å². The Labute approximate surface area is 108 Å². The molecule has 1 fully saturated rings. The highest BCUT2D eigenvalue weighted by atomic mass is 19.1. The summed E-state index contributed by atoms with van der Waals surface area (Å²) in [6, 6.07) is 6.23. The van der Waals surface area contributed by atoms with Gasteiger partial charge in [0.15, 0.2) is 0 Å². The molecule has 1 aliphatic heterocycles. The number of hydrogen-bond donors (Lipinski definition) is 1. The van der Waals surface area contributed by atoms with Crippen molar-refractivity contribution in [3.8, 4) is 0 Å². The molecule has 1 aromatic rings. The number of carbonyl (C=O) groups is 1. The van der Waals surface area contributed by atoms with Gasteiger partial charge in [0.05, 0.1) is 5.92 Å². The number of amides is 1. The van der Waals surface area contributed by atoms with Crippen LogP contribution in [0.3, 0.4) is 0 Å². The monoisotopic (exact) mass is 249 g/mol. The minimum Gasteiger partial charge on any atom is -0.350 e. The Balaban J connectivity index is 2.31. The Morgan fingerprint density at radius 2 is 1.72 bits per heavy atom. The first-order valence-electron chi connectivity index (χ1n) is 6.30. The van der Waals surface area contributed by atoms with Crippen LogP contribution in [0.4, 0.5) is 4.39 Å². The van der Waals surface area contributed by atoms with Gasteiger partial charge in [-0.1, -0.05) is 26.0 Å². The third kappa shape index (κ3) is 2.14. The number of hydrogen-bond acceptors (Lipinski definition) is 1. The molecule has 0 saturated carbocycles. The summed E-state index contributed by atoms with van der Waals surface area (Å²) in [7, 11) is 0. The van der Waals surface area contributed by atoms with E-state index in [1.807, 2.05) is 13.8 Å². The molecular weight excluding hydrogens is 229 g/mol. The summed E-state index contributed by atoms with van der Waals surface area (Å²) in [6.45, 7) is 8.41. The molecule has 1 amide bonds. The average Bonchev–Trinajstić information content (AvgIpc) is 2.25. The van der Waals surface area contributed by atoms with Crippen LogP contribution in [0.25, 0.3) is 0 Å². The number of nitrogens with one attached hydrogen (secondary N) is 1. The number of piperidine rings is 1. The van der Waals surface area contributed by atoms with E-state index in [0.717, 1.165) is 12.0 Å². The number of halogens is 1. The lowest BCUT2D eigenvalue weighted by Crippen LogP contribution is -2.59. The van der Waals surface area contributed by atoms with E-state index in [9.17, 15) is 9.18 Å². The summed E-state index contributed by atoms with van der Waals surface area (Å²) in [6.07, 6.45) is 0.775. The van der Waals surface area contributed by atoms with Crippen molar-refractivity contribution in [2.75, 3.05) is 0 Å². The van der Waals surface area contributed by atoms with E-state index in [4.69, 9.17) is 0 Å². The molecule has 0 bridgehead atoms. The molecule has 0 spiro atoms. The largest absolute Gasteiger partial charge is 0.350 e. The Morgan fingerprint density at radius 1 is 1.17 bits per heavy atom. The van der Waals surface area contributed by atoms with Crippen molar-refractivity contribution in [3.63, 3.8) is 0 Å². The number of rotatable bonds is 1. The standard InChI is InChI=1S/C15H20FNO/c1-14(2)9-12(13(18)17-15(14,3)4)10-5-7-11(16)8-6-10/h5-8,12H,9H2,1-4H3,(H,17,18). The molecule has 1 saturated heterocycles. The molecule has 1 atom stereocenters. The third-order valence-corrected chi connectivity index (χ3v) is 4.43. The van der Waals surface area contributed by atoms with E-state index >= 15 is 0 Å². The van der Waals surface area contributed by atoms with Crippen LogP contribution in [0.15, 0.2) is 24.3 Å². The summed E-state index contributed by atoms with van der Waals surface area (Å²) in [5.74, 6) is -0.422. The fourth-order valence-corrected chi connectivity index (χ4v) is 2.39. The summed E-state index contributed by atoms with van der Waals surface area (Å²) in [5, 5.41) is 3.08. The topological polar surface area (TPSA) is 29.1 Å². The van der Waals surface area contributed by atoms with Crippen molar-refractivity contribution in [2.45, 2.75) is 45.6 Å². The molecule has 1 unspecified atom stereocenters. The Hall–Kier alpha value is -1.38. The fourth-order valence-electron chi connectivity index (χ4n) is 2.39. The highest BCUT2D eigenvalue weighted by molar-refractivity contribution is 5.85. The summed E-state index contributed by atoms with van der Waals surface area (Å²) >= 11 is 0. The van der Waals surface area contributed by atoms with E-state index in [2.05, 4.69) is 19.2 Å². The Morgan fingerprint density at radius 3 is 2.28 bits per heavy atom. The molecule has 0 radical (unpaired) electrons. The predicted molar refractivity (Wildman–Crippen MR) is 69.8 cm³/mol. The predicted octanol–water partition coefficient (Wildman–Crippen LogP) is 3.23. The minimum absolute atomic E-state index is 0.0000370. The first kappa shape index (κ1) is 13.1.